The third-order valence-corrected chi connectivity index (χ3v) is 8.32. The van der Waals surface area contributed by atoms with Crippen molar-refractivity contribution in [3.63, 3.8) is 0 Å². The Kier molecular flexibility index (Phi) is 1.96. The maximum Gasteiger partial charge on any atom is 0.106 e. The Morgan fingerprint density at radius 2 is 1.80 bits per heavy atom. The van der Waals surface area contributed by atoms with Crippen LogP contribution in [-0.4, -0.2) is 21.9 Å². The van der Waals surface area contributed by atoms with Crippen LogP contribution >= 0.6 is 0 Å². The highest BCUT2D eigenvalue weighted by Gasteiger charge is 2.86. The topological polar surface area (TPSA) is 32.8 Å². The van der Waals surface area contributed by atoms with E-state index < -0.39 is 5.60 Å². The van der Waals surface area contributed by atoms with Crippen molar-refractivity contribution in [3.8, 4) is 0 Å². The number of hydrogen-bond donors (Lipinski definition) is 1. The molecule has 1 aliphatic heterocycles. The average molecular weight is 276 g/mol. The van der Waals surface area contributed by atoms with Crippen molar-refractivity contribution in [1.82, 2.24) is 0 Å². The fraction of sp³-hybridized carbons (Fsp3) is 1.00. The molecule has 1 spiro atoms. The van der Waals surface area contributed by atoms with E-state index in [4.69, 9.17) is 4.74 Å². The van der Waals surface area contributed by atoms with E-state index in [2.05, 4.69) is 20.8 Å². The van der Waals surface area contributed by atoms with Gasteiger partial charge in [0.1, 0.15) is 5.60 Å². The summed E-state index contributed by atoms with van der Waals surface area (Å²) in [4.78, 5) is 0. The fourth-order valence-corrected chi connectivity index (χ4v) is 7.31. The summed E-state index contributed by atoms with van der Waals surface area (Å²) in [5, 5.41) is 11.2. The van der Waals surface area contributed by atoms with E-state index in [1.165, 1.54) is 32.1 Å². The van der Waals surface area contributed by atoms with Gasteiger partial charge in [0.2, 0.25) is 0 Å². The van der Waals surface area contributed by atoms with Crippen LogP contribution in [0.15, 0.2) is 0 Å². The number of hydrogen-bond acceptors (Lipinski definition) is 2. The largest absolute Gasteiger partial charge is 0.389 e. The fourth-order valence-electron chi connectivity index (χ4n) is 7.31. The zero-order valence-electron chi connectivity index (χ0n) is 13.1. The molecule has 7 atom stereocenters. The minimum atomic E-state index is -0.404. The normalized spacial score (nSPS) is 65.4. The Morgan fingerprint density at radius 1 is 1.00 bits per heavy atom. The second-order valence-corrected chi connectivity index (χ2v) is 9.33. The number of rotatable bonds is 0. The first-order chi connectivity index (χ1) is 9.35. The molecule has 4 saturated carbocycles. The van der Waals surface area contributed by atoms with Crippen molar-refractivity contribution in [2.24, 2.45) is 29.1 Å². The first kappa shape index (κ1) is 12.5. The predicted octanol–water partition coefficient (Wildman–Crippen LogP) is 3.52. The Morgan fingerprint density at radius 3 is 2.60 bits per heavy atom. The van der Waals surface area contributed by atoms with Crippen LogP contribution in [0.1, 0.15) is 65.7 Å². The molecular weight excluding hydrogens is 248 g/mol. The molecule has 1 N–H and O–H groups in total. The molecule has 112 valence electrons. The van der Waals surface area contributed by atoms with Gasteiger partial charge in [-0.15, -0.1) is 0 Å². The smallest absolute Gasteiger partial charge is 0.106 e. The molecule has 20 heavy (non-hydrogen) atoms. The highest BCUT2D eigenvalue weighted by atomic mass is 16.6. The van der Waals surface area contributed by atoms with E-state index in [0.717, 1.165) is 30.6 Å². The molecular formula is C18H28O2. The van der Waals surface area contributed by atoms with Gasteiger partial charge in [-0.25, -0.2) is 0 Å². The lowest BCUT2D eigenvalue weighted by molar-refractivity contribution is -0.133. The maximum absolute atomic E-state index is 11.2. The SMILES string of the molecule is CC1(C)[C@@H]2[C@H]1C[C@@]1(C)O[C@]13[C@@H]1CCCC[C@]1(O)CC[C@@H]23. The number of ether oxygens (including phenoxy) is 1. The molecule has 2 heteroatoms. The van der Waals surface area contributed by atoms with Crippen LogP contribution < -0.4 is 0 Å². The summed E-state index contributed by atoms with van der Waals surface area (Å²) < 4.78 is 6.53. The lowest BCUT2D eigenvalue weighted by atomic mass is 9.53. The molecule has 5 aliphatic rings. The monoisotopic (exact) mass is 276 g/mol. The molecule has 4 aliphatic carbocycles. The first-order valence-corrected chi connectivity index (χ1v) is 8.78. The van der Waals surface area contributed by atoms with Crippen LogP contribution in [0.3, 0.4) is 0 Å². The van der Waals surface area contributed by atoms with E-state index in [9.17, 15) is 5.11 Å². The van der Waals surface area contributed by atoms with Gasteiger partial charge >= 0.3 is 0 Å². The maximum atomic E-state index is 11.2. The number of aliphatic hydroxyl groups is 1. The van der Waals surface area contributed by atoms with Crippen LogP contribution in [0.25, 0.3) is 0 Å². The summed E-state index contributed by atoms with van der Waals surface area (Å²) in [5.74, 6) is 2.89. The molecule has 0 aromatic carbocycles. The van der Waals surface area contributed by atoms with Gasteiger partial charge in [0.15, 0.2) is 0 Å². The summed E-state index contributed by atoms with van der Waals surface area (Å²) in [6.07, 6.45) is 8.19. The zero-order chi connectivity index (χ0) is 14.0. The van der Waals surface area contributed by atoms with Crippen LogP contribution in [0.5, 0.6) is 0 Å². The molecule has 0 unspecified atom stereocenters. The van der Waals surface area contributed by atoms with Crippen molar-refractivity contribution in [2.75, 3.05) is 0 Å². The Balaban J connectivity index is 1.59. The molecule has 0 bridgehead atoms. The Hall–Kier alpha value is -0.0800. The van der Waals surface area contributed by atoms with Gasteiger partial charge in [-0.05, 0) is 62.2 Å². The van der Waals surface area contributed by atoms with E-state index in [0.29, 0.717) is 11.3 Å². The van der Waals surface area contributed by atoms with Gasteiger partial charge in [-0.2, -0.15) is 0 Å². The molecule has 5 rings (SSSR count). The molecule has 1 saturated heterocycles. The van der Waals surface area contributed by atoms with E-state index >= 15 is 0 Å². The number of fused-ring (bicyclic) bond motifs is 3. The lowest BCUT2D eigenvalue weighted by Gasteiger charge is -2.52. The summed E-state index contributed by atoms with van der Waals surface area (Å²) in [5.41, 5.74) is 0.262. The van der Waals surface area contributed by atoms with Crippen LogP contribution in [0, 0.1) is 29.1 Å². The Bertz CT molecular complexity index is 486. The lowest BCUT2D eigenvalue weighted by Crippen LogP contribution is -2.59. The quantitative estimate of drug-likeness (QED) is 0.687. The van der Waals surface area contributed by atoms with Crippen LogP contribution in [0.2, 0.25) is 0 Å². The number of epoxide rings is 1. The molecule has 0 radical (unpaired) electrons. The standard InChI is InChI=1S/C18H28O2/c1-15(2)12-10-16(3)18(20-16)11(14(12)15)7-9-17(19)8-5-4-6-13(17)18/h11-14,19H,4-10H2,1-3H3/t11-,12+,13+,14-,16+,17-,18+/m0/s1. The highest BCUT2D eigenvalue weighted by Crippen LogP contribution is 2.81. The van der Waals surface area contributed by atoms with Crippen molar-refractivity contribution in [2.45, 2.75) is 82.5 Å². The molecule has 1 heterocycles. The minimum Gasteiger partial charge on any atom is -0.389 e. The third-order valence-electron chi connectivity index (χ3n) is 8.32. The van der Waals surface area contributed by atoms with E-state index in [1.54, 1.807) is 0 Å². The zero-order valence-corrected chi connectivity index (χ0v) is 13.1. The summed E-state index contributed by atoms with van der Waals surface area (Å²) in [7, 11) is 0. The van der Waals surface area contributed by atoms with E-state index in [1.807, 2.05) is 0 Å². The average Bonchev–Trinajstić information content (AvgIpc) is 3.17. The third kappa shape index (κ3) is 1.11. The minimum absolute atomic E-state index is 0.0509. The Labute approximate surface area is 122 Å². The van der Waals surface area contributed by atoms with Crippen molar-refractivity contribution < 1.29 is 9.84 Å². The second kappa shape index (κ2) is 3.15. The molecule has 0 aromatic rings. The van der Waals surface area contributed by atoms with Gasteiger partial charge in [0.25, 0.3) is 0 Å². The van der Waals surface area contributed by atoms with Gasteiger partial charge in [-0.3, -0.25) is 0 Å². The van der Waals surface area contributed by atoms with Crippen LogP contribution in [0.4, 0.5) is 0 Å². The predicted molar refractivity (Wildman–Crippen MR) is 77.2 cm³/mol. The van der Waals surface area contributed by atoms with Gasteiger partial charge in [0.05, 0.1) is 11.2 Å². The summed E-state index contributed by atoms with van der Waals surface area (Å²) in [6.45, 7) is 7.28. The molecule has 0 amide bonds. The molecule has 0 aromatic heterocycles. The summed E-state index contributed by atoms with van der Waals surface area (Å²) in [6, 6.07) is 0. The summed E-state index contributed by atoms with van der Waals surface area (Å²) >= 11 is 0. The molecule has 2 nitrogen and oxygen atoms in total. The van der Waals surface area contributed by atoms with Crippen molar-refractivity contribution in [3.05, 3.63) is 0 Å². The van der Waals surface area contributed by atoms with Crippen molar-refractivity contribution in [1.29, 1.82) is 0 Å². The molecule has 5 fully saturated rings. The van der Waals surface area contributed by atoms with E-state index in [-0.39, 0.29) is 11.2 Å². The van der Waals surface area contributed by atoms with Gasteiger partial charge in [-0.1, -0.05) is 26.7 Å². The van der Waals surface area contributed by atoms with Gasteiger partial charge < -0.3 is 9.84 Å². The van der Waals surface area contributed by atoms with Crippen molar-refractivity contribution >= 4 is 0 Å². The first-order valence-electron chi connectivity index (χ1n) is 8.78. The second-order valence-electron chi connectivity index (χ2n) is 9.33. The van der Waals surface area contributed by atoms with Crippen LogP contribution in [-0.2, 0) is 4.74 Å². The highest BCUT2D eigenvalue weighted by molar-refractivity contribution is 5.34. The van der Waals surface area contributed by atoms with Gasteiger partial charge in [0, 0.05) is 5.92 Å².